The highest BCUT2D eigenvalue weighted by Gasteiger charge is 2.27. The monoisotopic (exact) mass is 302 g/mol. The summed E-state index contributed by atoms with van der Waals surface area (Å²) in [5, 5.41) is 11.9. The van der Waals surface area contributed by atoms with Crippen LogP contribution >= 0.6 is 0 Å². The number of carboxylic acids is 1. The molecule has 1 aliphatic carbocycles. The second-order valence-corrected chi connectivity index (χ2v) is 6.22. The van der Waals surface area contributed by atoms with E-state index in [1.54, 1.807) is 4.90 Å². The van der Waals surface area contributed by atoms with E-state index in [0.717, 1.165) is 18.5 Å². The van der Waals surface area contributed by atoms with Gasteiger partial charge in [-0.2, -0.15) is 0 Å². The molecule has 2 N–H and O–H groups in total. The third kappa shape index (κ3) is 3.24. The van der Waals surface area contributed by atoms with E-state index in [-0.39, 0.29) is 11.9 Å². The SMILES string of the molecule is O=C(O)C1CCN(C(=O)Nc2ccc3c(c2)CCCC3)CC1. The Kier molecular flexibility index (Phi) is 4.32. The van der Waals surface area contributed by atoms with Gasteiger partial charge in [-0.3, -0.25) is 4.79 Å². The number of fused-ring (bicyclic) bond motifs is 1. The molecule has 1 aliphatic heterocycles. The molecule has 1 saturated heterocycles. The van der Waals surface area contributed by atoms with Gasteiger partial charge in [-0.15, -0.1) is 0 Å². The van der Waals surface area contributed by atoms with Gasteiger partial charge in [0, 0.05) is 18.8 Å². The van der Waals surface area contributed by atoms with Crippen molar-refractivity contribution in [1.82, 2.24) is 4.90 Å². The molecule has 0 atom stereocenters. The second kappa shape index (κ2) is 6.38. The summed E-state index contributed by atoms with van der Waals surface area (Å²) >= 11 is 0. The zero-order chi connectivity index (χ0) is 15.5. The number of likely N-dealkylation sites (tertiary alicyclic amines) is 1. The minimum absolute atomic E-state index is 0.125. The lowest BCUT2D eigenvalue weighted by Gasteiger charge is -2.30. The fraction of sp³-hybridized carbons (Fsp3) is 0.529. The summed E-state index contributed by atoms with van der Waals surface area (Å²) in [6, 6.07) is 6.03. The average Bonchev–Trinajstić information content (AvgIpc) is 2.55. The molecule has 1 heterocycles. The van der Waals surface area contributed by atoms with Crippen molar-refractivity contribution in [1.29, 1.82) is 0 Å². The molecule has 2 amide bonds. The molecule has 2 aliphatic rings. The van der Waals surface area contributed by atoms with E-state index in [0.29, 0.717) is 25.9 Å². The zero-order valence-electron chi connectivity index (χ0n) is 12.7. The Morgan fingerprint density at radius 2 is 1.77 bits per heavy atom. The lowest BCUT2D eigenvalue weighted by Crippen LogP contribution is -2.42. The number of aryl methyl sites for hydroxylation is 2. The van der Waals surface area contributed by atoms with Crippen molar-refractivity contribution in [3.63, 3.8) is 0 Å². The zero-order valence-corrected chi connectivity index (χ0v) is 12.7. The molecule has 118 valence electrons. The number of amides is 2. The Labute approximate surface area is 130 Å². The molecule has 0 bridgehead atoms. The van der Waals surface area contributed by atoms with Gasteiger partial charge < -0.3 is 15.3 Å². The maximum absolute atomic E-state index is 12.3. The van der Waals surface area contributed by atoms with Crippen LogP contribution < -0.4 is 5.32 Å². The third-order valence-electron chi connectivity index (χ3n) is 4.73. The number of nitrogens with zero attached hydrogens (tertiary/aromatic N) is 1. The van der Waals surface area contributed by atoms with Crippen LogP contribution in [0.4, 0.5) is 10.5 Å². The molecule has 0 radical (unpaired) electrons. The Morgan fingerprint density at radius 1 is 1.09 bits per heavy atom. The van der Waals surface area contributed by atoms with E-state index in [4.69, 9.17) is 5.11 Å². The number of nitrogens with one attached hydrogen (secondary N) is 1. The number of carbonyl (C=O) groups is 2. The van der Waals surface area contributed by atoms with E-state index in [1.807, 2.05) is 6.07 Å². The number of carbonyl (C=O) groups excluding carboxylic acids is 1. The molecule has 1 fully saturated rings. The molecule has 1 aromatic rings. The molecule has 0 spiro atoms. The number of aliphatic carboxylic acids is 1. The van der Waals surface area contributed by atoms with Crippen LogP contribution in [-0.2, 0) is 17.6 Å². The Bertz CT molecular complexity index is 577. The summed E-state index contributed by atoms with van der Waals surface area (Å²) in [6.07, 6.45) is 5.75. The topological polar surface area (TPSA) is 69.6 Å². The molecule has 0 unspecified atom stereocenters. The maximum Gasteiger partial charge on any atom is 0.321 e. The molecule has 22 heavy (non-hydrogen) atoms. The Hall–Kier alpha value is -2.04. The largest absolute Gasteiger partial charge is 0.481 e. The fourth-order valence-corrected chi connectivity index (χ4v) is 3.34. The third-order valence-corrected chi connectivity index (χ3v) is 4.73. The van der Waals surface area contributed by atoms with Gasteiger partial charge in [-0.1, -0.05) is 6.07 Å². The molecule has 3 rings (SSSR count). The maximum atomic E-state index is 12.3. The minimum atomic E-state index is -0.755. The molecular weight excluding hydrogens is 280 g/mol. The highest BCUT2D eigenvalue weighted by atomic mass is 16.4. The van der Waals surface area contributed by atoms with Gasteiger partial charge in [0.05, 0.1) is 5.92 Å². The van der Waals surface area contributed by atoms with Gasteiger partial charge in [0.15, 0.2) is 0 Å². The van der Waals surface area contributed by atoms with Crippen LogP contribution in [0.1, 0.15) is 36.8 Å². The number of hydrogen-bond donors (Lipinski definition) is 2. The van der Waals surface area contributed by atoms with Gasteiger partial charge in [-0.25, -0.2) is 4.79 Å². The van der Waals surface area contributed by atoms with Crippen LogP contribution in [-0.4, -0.2) is 35.1 Å². The van der Waals surface area contributed by atoms with E-state index in [9.17, 15) is 9.59 Å². The average molecular weight is 302 g/mol. The van der Waals surface area contributed by atoms with Crippen molar-refractivity contribution < 1.29 is 14.7 Å². The van der Waals surface area contributed by atoms with Crippen LogP contribution in [0.25, 0.3) is 0 Å². The summed E-state index contributed by atoms with van der Waals surface area (Å²) in [7, 11) is 0. The normalized spacial score (nSPS) is 18.6. The molecule has 5 heteroatoms. The van der Waals surface area contributed by atoms with Crippen molar-refractivity contribution in [2.24, 2.45) is 5.92 Å². The predicted molar refractivity (Wildman–Crippen MR) is 84.0 cm³/mol. The molecule has 1 aromatic carbocycles. The Balaban J connectivity index is 1.59. The number of urea groups is 1. The highest BCUT2D eigenvalue weighted by molar-refractivity contribution is 5.89. The molecular formula is C17H22N2O3. The molecule has 0 aromatic heterocycles. The first-order valence-electron chi connectivity index (χ1n) is 8.04. The van der Waals surface area contributed by atoms with Crippen molar-refractivity contribution in [3.05, 3.63) is 29.3 Å². The smallest absolute Gasteiger partial charge is 0.321 e. The number of hydrogen-bond acceptors (Lipinski definition) is 2. The fourth-order valence-electron chi connectivity index (χ4n) is 3.34. The van der Waals surface area contributed by atoms with E-state index in [1.165, 1.54) is 24.0 Å². The summed E-state index contributed by atoms with van der Waals surface area (Å²) in [4.78, 5) is 24.9. The van der Waals surface area contributed by atoms with Crippen molar-refractivity contribution in [2.45, 2.75) is 38.5 Å². The van der Waals surface area contributed by atoms with Gasteiger partial charge in [0.1, 0.15) is 0 Å². The first-order valence-corrected chi connectivity index (χ1v) is 8.04. The van der Waals surface area contributed by atoms with Gasteiger partial charge in [0.25, 0.3) is 0 Å². The summed E-state index contributed by atoms with van der Waals surface area (Å²) in [5.74, 6) is -1.07. The first-order chi connectivity index (χ1) is 10.6. The van der Waals surface area contributed by atoms with Crippen LogP contribution in [0.15, 0.2) is 18.2 Å². The van der Waals surface area contributed by atoms with Crippen LogP contribution in [0, 0.1) is 5.92 Å². The van der Waals surface area contributed by atoms with Gasteiger partial charge in [-0.05, 0) is 61.8 Å². The first kappa shape index (κ1) is 14.9. The number of rotatable bonds is 2. The number of carboxylic acid groups (broad SMARTS) is 1. The van der Waals surface area contributed by atoms with Crippen LogP contribution in [0.2, 0.25) is 0 Å². The van der Waals surface area contributed by atoms with Crippen molar-refractivity contribution in [2.75, 3.05) is 18.4 Å². The predicted octanol–water partition coefficient (Wildman–Crippen LogP) is 2.89. The van der Waals surface area contributed by atoms with Crippen molar-refractivity contribution >= 4 is 17.7 Å². The highest BCUT2D eigenvalue weighted by Crippen LogP contribution is 2.25. The van der Waals surface area contributed by atoms with Crippen molar-refractivity contribution in [3.8, 4) is 0 Å². The standard InChI is InChI=1S/C17H22N2O3/c20-16(21)13-7-9-19(10-8-13)17(22)18-15-6-5-12-3-1-2-4-14(12)11-15/h5-6,11,13H,1-4,7-10H2,(H,18,22)(H,20,21). The van der Waals surface area contributed by atoms with Gasteiger partial charge in [0.2, 0.25) is 0 Å². The number of piperidine rings is 1. The van der Waals surface area contributed by atoms with E-state index in [2.05, 4.69) is 17.4 Å². The quantitative estimate of drug-likeness (QED) is 0.882. The van der Waals surface area contributed by atoms with Crippen LogP contribution in [0.5, 0.6) is 0 Å². The van der Waals surface area contributed by atoms with Gasteiger partial charge >= 0.3 is 12.0 Å². The molecule has 0 saturated carbocycles. The van der Waals surface area contributed by atoms with E-state index >= 15 is 0 Å². The van der Waals surface area contributed by atoms with E-state index < -0.39 is 5.97 Å². The number of anilines is 1. The second-order valence-electron chi connectivity index (χ2n) is 6.22. The Morgan fingerprint density at radius 3 is 2.45 bits per heavy atom. The number of benzene rings is 1. The van der Waals surface area contributed by atoms with Crippen LogP contribution in [0.3, 0.4) is 0 Å². The minimum Gasteiger partial charge on any atom is -0.481 e. The summed E-state index contributed by atoms with van der Waals surface area (Å²) < 4.78 is 0. The lowest BCUT2D eigenvalue weighted by molar-refractivity contribution is -0.143. The summed E-state index contributed by atoms with van der Waals surface area (Å²) in [5.41, 5.74) is 3.58. The molecule has 5 nitrogen and oxygen atoms in total. The summed E-state index contributed by atoms with van der Waals surface area (Å²) in [6.45, 7) is 1.02. The lowest BCUT2D eigenvalue weighted by atomic mass is 9.91.